The minimum atomic E-state index is -4.34. The average molecular weight is 406 g/mol. The smallest absolute Gasteiger partial charge is 0.294 e. The maximum Gasteiger partial charge on any atom is 0.294 e. The Morgan fingerprint density at radius 3 is 2.60 bits per heavy atom. The minimum absolute atomic E-state index is 0.157. The molecule has 0 amide bonds. The lowest BCUT2D eigenvalue weighted by molar-refractivity contribution is -0.118. The fourth-order valence-electron chi connectivity index (χ4n) is 1.73. The minimum Gasteiger partial charge on any atom is -0.485 e. The van der Waals surface area contributed by atoms with Crippen LogP contribution in [0.2, 0.25) is 0 Å². The first-order chi connectivity index (χ1) is 9.27. The van der Waals surface area contributed by atoms with E-state index in [1.54, 1.807) is 12.1 Å². The highest BCUT2D eigenvalue weighted by Crippen LogP contribution is 2.30. The van der Waals surface area contributed by atoms with Crippen molar-refractivity contribution in [3.63, 3.8) is 0 Å². The van der Waals surface area contributed by atoms with E-state index < -0.39 is 10.1 Å². The zero-order chi connectivity index (χ0) is 14.9. The van der Waals surface area contributed by atoms with E-state index in [9.17, 15) is 13.2 Å². The summed E-state index contributed by atoms with van der Waals surface area (Å²) < 4.78 is 38.0. The molecule has 7 heteroatoms. The number of rotatable bonds is 4. The lowest BCUT2D eigenvalue weighted by Gasteiger charge is -2.10. The molecule has 0 bridgehead atoms. The zero-order valence-corrected chi connectivity index (χ0v) is 13.4. The van der Waals surface area contributed by atoms with Gasteiger partial charge in [-0.2, -0.15) is 8.42 Å². The van der Waals surface area contributed by atoms with E-state index in [1.165, 1.54) is 19.1 Å². The first-order valence-corrected chi connectivity index (χ1v) is 8.12. The zero-order valence-electron chi connectivity index (χ0n) is 10.5. The second-order valence-corrected chi connectivity index (χ2v) is 6.92. The van der Waals surface area contributed by atoms with Gasteiger partial charge in [0.15, 0.2) is 5.78 Å². The normalized spacial score (nSPS) is 11.6. The number of halogens is 1. The van der Waals surface area contributed by atoms with Crippen molar-refractivity contribution in [1.82, 2.24) is 0 Å². The molecule has 20 heavy (non-hydrogen) atoms. The van der Waals surface area contributed by atoms with E-state index in [-0.39, 0.29) is 23.0 Å². The number of hydrogen-bond donors (Lipinski definition) is 1. The number of hydrogen-bond acceptors (Lipinski definition) is 4. The van der Waals surface area contributed by atoms with Crippen molar-refractivity contribution in [2.24, 2.45) is 0 Å². The summed E-state index contributed by atoms with van der Waals surface area (Å²) in [5.74, 6) is 0.0719. The van der Waals surface area contributed by atoms with Crippen molar-refractivity contribution in [3.8, 4) is 5.75 Å². The van der Waals surface area contributed by atoms with Crippen molar-refractivity contribution in [1.29, 1.82) is 0 Å². The van der Waals surface area contributed by atoms with Gasteiger partial charge >= 0.3 is 0 Å². The summed E-state index contributed by atoms with van der Waals surface area (Å²) >= 11 is 2.10. The number of Topliss-reactive ketones (excluding diaryl/α,β-unsaturated/α-hetero) is 1. The quantitative estimate of drug-likeness (QED) is 0.624. The van der Waals surface area contributed by atoms with Gasteiger partial charge in [-0.05, 0) is 59.2 Å². The van der Waals surface area contributed by atoms with E-state index in [0.29, 0.717) is 10.8 Å². The molecule has 0 aliphatic rings. The van der Waals surface area contributed by atoms with Gasteiger partial charge in [0.2, 0.25) is 0 Å². The van der Waals surface area contributed by atoms with Gasteiger partial charge in [0.25, 0.3) is 10.1 Å². The lowest BCUT2D eigenvalue weighted by Crippen LogP contribution is -2.08. The molecule has 2 rings (SSSR count). The first kappa shape index (κ1) is 15.2. The van der Waals surface area contributed by atoms with Crippen LogP contribution < -0.4 is 4.74 Å². The lowest BCUT2D eigenvalue weighted by atomic mass is 10.1. The van der Waals surface area contributed by atoms with Gasteiger partial charge < -0.3 is 4.74 Å². The van der Waals surface area contributed by atoms with Crippen LogP contribution in [0.5, 0.6) is 5.75 Å². The Kier molecular flexibility index (Phi) is 4.31. The van der Waals surface area contributed by atoms with Crippen LogP contribution in [0.15, 0.2) is 35.2 Å². The molecule has 0 aromatic heterocycles. The molecule has 0 aliphatic carbocycles. The third-order valence-electron chi connectivity index (χ3n) is 2.58. The fraction of sp³-hybridized carbons (Fsp3) is 0.154. The molecule has 0 saturated heterocycles. The van der Waals surface area contributed by atoms with Crippen molar-refractivity contribution in [2.45, 2.75) is 11.8 Å². The molecule has 0 saturated carbocycles. The third-order valence-corrected chi connectivity index (χ3v) is 4.08. The summed E-state index contributed by atoms with van der Waals surface area (Å²) in [6.07, 6.45) is 0. The molecule has 0 unspecified atom stereocenters. The fourth-order valence-corrected chi connectivity index (χ4v) is 2.77. The van der Waals surface area contributed by atoms with Crippen LogP contribution in [0.4, 0.5) is 0 Å². The van der Waals surface area contributed by atoms with Crippen LogP contribution in [0.25, 0.3) is 10.8 Å². The second-order valence-electron chi connectivity index (χ2n) is 4.25. The highest BCUT2D eigenvalue weighted by molar-refractivity contribution is 14.1. The molecule has 5 nitrogen and oxygen atoms in total. The first-order valence-electron chi connectivity index (χ1n) is 5.60. The van der Waals surface area contributed by atoms with Gasteiger partial charge in [-0.1, -0.05) is 0 Å². The van der Waals surface area contributed by atoms with Gasteiger partial charge in [-0.15, -0.1) is 0 Å². The molecular formula is C13H11IO5S. The topological polar surface area (TPSA) is 80.7 Å². The number of fused-ring (bicyclic) bond motifs is 1. The van der Waals surface area contributed by atoms with Crippen molar-refractivity contribution in [2.75, 3.05) is 6.61 Å². The van der Waals surface area contributed by atoms with Gasteiger partial charge in [-0.25, -0.2) is 0 Å². The Bertz CT molecular complexity index is 783. The molecule has 0 aliphatic heterocycles. The molecular weight excluding hydrogens is 395 g/mol. The summed E-state index contributed by atoms with van der Waals surface area (Å²) in [7, 11) is -4.34. The van der Waals surface area contributed by atoms with E-state index >= 15 is 0 Å². The number of carbonyl (C=O) groups excluding carboxylic acids is 1. The Morgan fingerprint density at radius 1 is 1.30 bits per heavy atom. The second kappa shape index (κ2) is 5.66. The van der Waals surface area contributed by atoms with Gasteiger partial charge in [0, 0.05) is 15.0 Å². The molecule has 106 valence electrons. The summed E-state index contributed by atoms with van der Waals surface area (Å²) in [5.41, 5.74) is 0. The molecule has 0 heterocycles. The molecule has 0 radical (unpaired) electrons. The van der Waals surface area contributed by atoms with E-state index in [4.69, 9.17) is 9.29 Å². The predicted octanol–water partition coefficient (Wildman–Crippen LogP) is 2.66. The highest BCUT2D eigenvalue weighted by Gasteiger charge is 2.15. The average Bonchev–Trinajstić information content (AvgIpc) is 2.33. The number of benzene rings is 2. The molecule has 2 aromatic carbocycles. The molecule has 1 N–H and O–H groups in total. The highest BCUT2D eigenvalue weighted by atomic mass is 127. The van der Waals surface area contributed by atoms with Gasteiger partial charge in [0.05, 0.1) is 4.90 Å². The van der Waals surface area contributed by atoms with E-state index in [0.717, 1.165) is 3.57 Å². The number of ketones is 1. The third kappa shape index (κ3) is 3.47. The van der Waals surface area contributed by atoms with Crippen molar-refractivity contribution in [3.05, 3.63) is 33.9 Å². The van der Waals surface area contributed by atoms with Crippen molar-refractivity contribution < 1.29 is 22.5 Å². The Hall–Kier alpha value is -1.19. The van der Waals surface area contributed by atoms with E-state index in [1.807, 2.05) is 6.07 Å². The maximum atomic E-state index is 11.3. The Balaban J connectivity index is 2.66. The van der Waals surface area contributed by atoms with Crippen LogP contribution in [-0.2, 0) is 14.9 Å². The predicted molar refractivity (Wildman–Crippen MR) is 82.7 cm³/mol. The monoisotopic (exact) mass is 406 g/mol. The van der Waals surface area contributed by atoms with Crippen LogP contribution in [0.1, 0.15) is 6.92 Å². The molecule has 0 atom stereocenters. The summed E-state index contributed by atoms with van der Waals surface area (Å²) in [6.45, 7) is 1.22. The van der Waals surface area contributed by atoms with Gasteiger partial charge in [0.1, 0.15) is 12.4 Å². The molecule has 0 spiro atoms. The summed E-state index contributed by atoms with van der Waals surface area (Å²) in [6, 6.07) is 7.98. The van der Waals surface area contributed by atoms with Crippen LogP contribution >= 0.6 is 22.6 Å². The van der Waals surface area contributed by atoms with E-state index in [2.05, 4.69) is 22.6 Å². The summed E-state index contributed by atoms with van der Waals surface area (Å²) in [4.78, 5) is 10.7. The van der Waals surface area contributed by atoms with Crippen molar-refractivity contribution >= 4 is 49.3 Å². The standard InChI is InChI=1S/C13H11IO5S/c1-8(15)7-19-13-6-11(20(16,17)18)5-9-4-10(14)2-3-12(9)13/h2-6H,7H2,1H3,(H,16,17,18). The number of ether oxygens (including phenoxy) is 1. The van der Waals surface area contributed by atoms with Gasteiger partial charge in [-0.3, -0.25) is 9.35 Å². The molecule has 2 aromatic rings. The largest absolute Gasteiger partial charge is 0.485 e. The SMILES string of the molecule is CC(=O)COc1cc(S(=O)(=O)O)cc2cc(I)ccc12. The van der Waals surface area contributed by atoms with Crippen LogP contribution in [0, 0.1) is 3.57 Å². The molecule has 0 fully saturated rings. The summed E-state index contributed by atoms with van der Waals surface area (Å²) in [5, 5.41) is 1.30. The van der Waals surface area contributed by atoms with Crippen LogP contribution in [0.3, 0.4) is 0 Å². The maximum absolute atomic E-state index is 11.3. The Labute approximate surface area is 129 Å². The Morgan fingerprint density at radius 2 is 2.00 bits per heavy atom. The number of carbonyl (C=O) groups is 1. The van der Waals surface area contributed by atoms with Crippen LogP contribution in [-0.4, -0.2) is 25.4 Å².